The van der Waals surface area contributed by atoms with Crippen LogP contribution in [0.25, 0.3) is 0 Å². The number of benzene rings is 1. The number of anilines is 1. The van der Waals surface area contributed by atoms with Gasteiger partial charge in [-0.15, -0.1) is 0 Å². The number of nitrogens with zero attached hydrogens (tertiary/aromatic N) is 1. The third-order valence-corrected chi connectivity index (χ3v) is 3.82. The molecule has 0 spiro atoms. The summed E-state index contributed by atoms with van der Waals surface area (Å²) < 4.78 is 51.8. The highest BCUT2D eigenvalue weighted by molar-refractivity contribution is 5.49. The van der Waals surface area contributed by atoms with Gasteiger partial charge in [0.05, 0.1) is 23.2 Å². The minimum atomic E-state index is -4.51. The third-order valence-electron chi connectivity index (χ3n) is 3.82. The number of nitrogens with one attached hydrogen (secondary N) is 1. The number of rotatable bonds is 2. The van der Waals surface area contributed by atoms with Gasteiger partial charge in [0.1, 0.15) is 5.82 Å². The van der Waals surface area contributed by atoms with Gasteiger partial charge >= 0.3 is 6.18 Å². The van der Waals surface area contributed by atoms with Crippen LogP contribution in [0.5, 0.6) is 0 Å². The Labute approximate surface area is 120 Å². The Kier molecular flexibility index (Phi) is 4.71. The van der Waals surface area contributed by atoms with Gasteiger partial charge < -0.3 is 5.32 Å². The maximum atomic E-state index is 13.7. The molecule has 2 atom stereocenters. The quantitative estimate of drug-likeness (QED) is 0.633. The van der Waals surface area contributed by atoms with E-state index in [1.54, 1.807) is 0 Å². The van der Waals surface area contributed by atoms with Crippen molar-refractivity contribution < 1.29 is 17.6 Å². The van der Waals surface area contributed by atoms with Gasteiger partial charge in [0.25, 0.3) is 0 Å². The van der Waals surface area contributed by atoms with Crippen molar-refractivity contribution in [2.24, 2.45) is 5.92 Å². The van der Waals surface area contributed by atoms with Crippen molar-refractivity contribution in [2.45, 2.75) is 44.3 Å². The minimum Gasteiger partial charge on any atom is -0.379 e. The van der Waals surface area contributed by atoms with Crippen molar-refractivity contribution in [3.8, 4) is 6.07 Å². The van der Waals surface area contributed by atoms with Crippen LogP contribution in [0.15, 0.2) is 18.2 Å². The lowest BCUT2D eigenvalue weighted by Crippen LogP contribution is -2.28. The van der Waals surface area contributed by atoms with E-state index in [1.807, 2.05) is 0 Å². The molecule has 1 saturated carbocycles. The fourth-order valence-corrected chi connectivity index (χ4v) is 2.65. The maximum absolute atomic E-state index is 13.7. The second-order valence-electron chi connectivity index (χ2n) is 5.32. The van der Waals surface area contributed by atoms with Gasteiger partial charge in [-0.1, -0.05) is 19.3 Å². The molecule has 114 valence electrons. The van der Waals surface area contributed by atoms with Gasteiger partial charge in [0, 0.05) is 6.04 Å². The molecule has 1 aromatic carbocycles. The van der Waals surface area contributed by atoms with E-state index in [9.17, 15) is 17.6 Å². The van der Waals surface area contributed by atoms with Crippen molar-refractivity contribution in [1.29, 1.82) is 5.26 Å². The molecule has 1 aromatic rings. The van der Waals surface area contributed by atoms with E-state index < -0.39 is 17.6 Å². The summed E-state index contributed by atoms with van der Waals surface area (Å²) in [6.07, 6.45) is -0.371. The summed E-state index contributed by atoms with van der Waals surface area (Å²) in [5.74, 6) is -1.04. The summed E-state index contributed by atoms with van der Waals surface area (Å²) in [7, 11) is 0. The Hall–Kier alpha value is -1.77. The highest BCUT2D eigenvalue weighted by atomic mass is 19.4. The van der Waals surface area contributed by atoms with Gasteiger partial charge in [-0.25, -0.2) is 4.39 Å². The lowest BCUT2D eigenvalue weighted by molar-refractivity contribution is -0.137. The number of halogens is 4. The van der Waals surface area contributed by atoms with Crippen LogP contribution in [-0.2, 0) is 6.18 Å². The average Bonchev–Trinajstić information content (AvgIpc) is 2.65. The van der Waals surface area contributed by atoms with E-state index in [0.29, 0.717) is 12.8 Å². The molecule has 21 heavy (non-hydrogen) atoms. The fraction of sp³-hybridized carbons (Fsp3) is 0.533. The van der Waals surface area contributed by atoms with Crippen LogP contribution in [-0.4, -0.2) is 6.04 Å². The summed E-state index contributed by atoms with van der Waals surface area (Å²) in [4.78, 5) is 0. The monoisotopic (exact) mass is 300 g/mol. The smallest absolute Gasteiger partial charge is 0.379 e. The fourth-order valence-electron chi connectivity index (χ4n) is 2.65. The lowest BCUT2D eigenvalue weighted by Gasteiger charge is -2.23. The van der Waals surface area contributed by atoms with Crippen molar-refractivity contribution in [1.82, 2.24) is 0 Å². The van der Waals surface area contributed by atoms with E-state index in [2.05, 4.69) is 11.4 Å². The van der Waals surface area contributed by atoms with Crippen molar-refractivity contribution in [2.75, 3.05) is 5.32 Å². The second kappa shape index (κ2) is 6.33. The van der Waals surface area contributed by atoms with Gasteiger partial charge in [0.15, 0.2) is 0 Å². The van der Waals surface area contributed by atoms with E-state index in [-0.39, 0.29) is 17.6 Å². The maximum Gasteiger partial charge on any atom is 0.416 e. The summed E-state index contributed by atoms with van der Waals surface area (Å²) in [6.45, 7) is 0. The molecule has 0 aromatic heterocycles. The van der Waals surface area contributed by atoms with Crippen LogP contribution in [0.1, 0.15) is 37.7 Å². The minimum absolute atomic E-state index is 0.183. The van der Waals surface area contributed by atoms with Gasteiger partial charge in [-0.2, -0.15) is 18.4 Å². The Balaban J connectivity index is 2.23. The van der Waals surface area contributed by atoms with Crippen LogP contribution in [0.2, 0.25) is 0 Å². The van der Waals surface area contributed by atoms with Crippen LogP contribution in [0, 0.1) is 23.1 Å². The lowest BCUT2D eigenvalue weighted by atomic mass is 9.96. The molecule has 0 saturated heterocycles. The standard InChI is InChI=1S/C15H16F4N2/c16-12-7-6-11(15(17,18)19)8-14(12)21-13-5-3-1-2-4-10(13)9-20/h6-8,10,13,21H,1-5H2. The molecule has 2 nitrogen and oxygen atoms in total. The number of alkyl halides is 3. The van der Waals surface area contributed by atoms with Crippen LogP contribution < -0.4 is 5.32 Å². The molecular formula is C15H16F4N2. The van der Waals surface area contributed by atoms with Crippen molar-refractivity contribution in [3.05, 3.63) is 29.6 Å². The SMILES string of the molecule is N#CC1CCCCCC1Nc1cc(C(F)(F)F)ccc1F. The summed E-state index contributed by atoms with van der Waals surface area (Å²) in [6, 6.07) is 4.16. The topological polar surface area (TPSA) is 35.8 Å². The Morgan fingerprint density at radius 2 is 1.86 bits per heavy atom. The molecule has 0 heterocycles. The first-order valence-corrected chi connectivity index (χ1v) is 6.94. The number of hydrogen-bond donors (Lipinski definition) is 1. The van der Waals surface area contributed by atoms with E-state index >= 15 is 0 Å². The molecule has 6 heteroatoms. The second-order valence-corrected chi connectivity index (χ2v) is 5.32. The summed E-state index contributed by atoms with van der Waals surface area (Å²) in [5.41, 5.74) is -1.08. The van der Waals surface area contributed by atoms with Gasteiger partial charge in [-0.05, 0) is 31.0 Å². The van der Waals surface area contributed by atoms with E-state index in [1.165, 1.54) is 0 Å². The number of hydrogen-bond acceptors (Lipinski definition) is 2. The molecule has 1 aliphatic carbocycles. The highest BCUT2D eigenvalue weighted by Gasteiger charge is 2.32. The summed E-state index contributed by atoms with van der Waals surface area (Å²) >= 11 is 0. The third kappa shape index (κ3) is 3.87. The molecule has 0 amide bonds. The molecule has 1 N–H and O–H groups in total. The zero-order valence-corrected chi connectivity index (χ0v) is 11.4. The zero-order chi connectivity index (χ0) is 15.5. The molecule has 1 fully saturated rings. The van der Waals surface area contributed by atoms with Crippen molar-refractivity contribution in [3.63, 3.8) is 0 Å². The molecule has 2 unspecified atom stereocenters. The number of nitriles is 1. The van der Waals surface area contributed by atoms with Crippen LogP contribution in [0.3, 0.4) is 0 Å². The van der Waals surface area contributed by atoms with Crippen LogP contribution >= 0.6 is 0 Å². The molecule has 0 radical (unpaired) electrons. The normalized spacial score (nSPS) is 23.2. The van der Waals surface area contributed by atoms with Gasteiger partial charge in [-0.3, -0.25) is 0 Å². The molecular weight excluding hydrogens is 284 g/mol. The summed E-state index contributed by atoms with van der Waals surface area (Å²) in [5, 5.41) is 12.0. The van der Waals surface area contributed by atoms with E-state index in [4.69, 9.17) is 5.26 Å². The first kappa shape index (κ1) is 15.6. The molecule has 1 aliphatic rings. The largest absolute Gasteiger partial charge is 0.416 e. The van der Waals surface area contributed by atoms with E-state index in [0.717, 1.165) is 37.5 Å². The molecule has 0 bridgehead atoms. The van der Waals surface area contributed by atoms with Gasteiger partial charge in [0.2, 0.25) is 0 Å². The Morgan fingerprint density at radius 1 is 1.14 bits per heavy atom. The molecule has 2 rings (SSSR count). The zero-order valence-electron chi connectivity index (χ0n) is 11.4. The Bertz CT molecular complexity index is 533. The van der Waals surface area contributed by atoms with Crippen LogP contribution in [0.4, 0.5) is 23.2 Å². The molecule has 0 aliphatic heterocycles. The Morgan fingerprint density at radius 3 is 2.52 bits per heavy atom. The predicted molar refractivity (Wildman–Crippen MR) is 71.0 cm³/mol. The average molecular weight is 300 g/mol. The first-order valence-electron chi connectivity index (χ1n) is 6.94. The highest BCUT2D eigenvalue weighted by Crippen LogP contribution is 2.33. The first-order chi connectivity index (χ1) is 9.91. The predicted octanol–water partition coefficient (Wildman–Crippen LogP) is 4.73. The van der Waals surface area contributed by atoms with Crippen molar-refractivity contribution >= 4 is 5.69 Å².